The number of hydrogen-bond acceptors (Lipinski definition) is 2. The second-order valence-corrected chi connectivity index (χ2v) is 4.64. The summed E-state index contributed by atoms with van der Waals surface area (Å²) < 4.78 is 0. The number of allylic oxidation sites excluding steroid dienone is 2. The van der Waals surface area contributed by atoms with Crippen LogP contribution in [0.15, 0.2) is 24.3 Å². The topological polar surface area (TPSA) is 57.5 Å². The molecular formula is C11H16O3. The number of hydrogen-bond donors (Lipinski definition) is 2. The molecule has 0 aromatic heterocycles. The fraction of sp³-hybridized carbons (Fsp3) is 0.545. The Kier molecular flexibility index (Phi) is 2.54. The lowest BCUT2D eigenvalue weighted by Gasteiger charge is -2.42. The van der Waals surface area contributed by atoms with Gasteiger partial charge in [-0.3, -0.25) is 4.79 Å². The van der Waals surface area contributed by atoms with Gasteiger partial charge in [-0.15, -0.1) is 0 Å². The van der Waals surface area contributed by atoms with Gasteiger partial charge >= 0.3 is 5.97 Å². The van der Waals surface area contributed by atoms with E-state index in [9.17, 15) is 9.90 Å². The Hall–Kier alpha value is -1.09. The van der Waals surface area contributed by atoms with Crippen molar-refractivity contribution in [1.82, 2.24) is 0 Å². The maximum absolute atomic E-state index is 11.0. The van der Waals surface area contributed by atoms with Crippen LogP contribution < -0.4 is 0 Å². The molecule has 78 valence electrons. The van der Waals surface area contributed by atoms with E-state index in [1.807, 2.05) is 20.8 Å². The zero-order valence-electron chi connectivity index (χ0n) is 8.69. The molecule has 0 saturated carbocycles. The van der Waals surface area contributed by atoms with E-state index in [0.717, 1.165) is 0 Å². The molecule has 2 atom stereocenters. The van der Waals surface area contributed by atoms with Crippen LogP contribution in [0, 0.1) is 11.3 Å². The third-order valence-electron chi connectivity index (χ3n) is 2.71. The van der Waals surface area contributed by atoms with Crippen molar-refractivity contribution in [3.63, 3.8) is 0 Å². The monoisotopic (exact) mass is 196 g/mol. The highest BCUT2D eigenvalue weighted by molar-refractivity contribution is 5.75. The Morgan fingerprint density at radius 2 is 1.93 bits per heavy atom. The zero-order valence-corrected chi connectivity index (χ0v) is 8.69. The molecule has 0 radical (unpaired) electrons. The van der Waals surface area contributed by atoms with Crippen LogP contribution >= 0.6 is 0 Å². The van der Waals surface area contributed by atoms with Gasteiger partial charge in [-0.25, -0.2) is 0 Å². The fourth-order valence-corrected chi connectivity index (χ4v) is 1.61. The van der Waals surface area contributed by atoms with E-state index < -0.39 is 22.9 Å². The van der Waals surface area contributed by atoms with Crippen LogP contribution in [0.25, 0.3) is 0 Å². The predicted molar refractivity (Wildman–Crippen MR) is 53.8 cm³/mol. The van der Waals surface area contributed by atoms with Gasteiger partial charge in [0.1, 0.15) is 11.5 Å². The number of carbonyl (C=O) groups is 1. The minimum Gasteiger partial charge on any atom is -0.481 e. The number of aliphatic carboxylic acids is 1. The number of carboxylic acid groups (broad SMARTS) is 1. The predicted octanol–water partition coefficient (Wildman–Crippen LogP) is 1.59. The average Bonchev–Trinajstić information content (AvgIpc) is 2.02. The second-order valence-electron chi connectivity index (χ2n) is 4.64. The standard InChI is InChI=1S/C11H16O3/c1-10(2,3)11(14)7-5-4-6-8(11)9(12)13/h4-8,14H,1-3H3,(H,12,13). The molecule has 0 aromatic carbocycles. The molecule has 0 amide bonds. The van der Waals surface area contributed by atoms with Gasteiger partial charge in [0, 0.05) is 0 Å². The first kappa shape index (κ1) is 11.0. The summed E-state index contributed by atoms with van der Waals surface area (Å²) in [5, 5.41) is 19.3. The molecule has 0 bridgehead atoms. The van der Waals surface area contributed by atoms with E-state index in [0.29, 0.717) is 0 Å². The Bertz CT molecular complexity index is 296. The molecule has 0 aromatic rings. The van der Waals surface area contributed by atoms with E-state index in [1.165, 1.54) is 6.08 Å². The van der Waals surface area contributed by atoms with Gasteiger partial charge in [0.2, 0.25) is 0 Å². The van der Waals surface area contributed by atoms with E-state index in [-0.39, 0.29) is 0 Å². The van der Waals surface area contributed by atoms with Crippen LogP contribution in [-0.4, -0.2) is 21.8 Å². The first-order chi connectivity index (χ1) is 6.29. The summed E-state index contributed by atoms with van der Waals surface area (Å²) in [6.07, 6.45) is 6.42. The molecule has 2 unspecified atom stereocenters. The molecule has 1 aliphatic carbocycles. The summed E-state index contributed by atoms with van der Waals surface area (Å²) in [7, 11) is 0. The van der Waals surface area contributed by atoms with Crippen molar-refractivity contribution in [2.24, 2.45) is 11.3 Å². The van der Waals surface area contributed by atoms with Crippen LogP contribution in [0.4, 0.5) is 0 Å². The first-order valence-corrected chi connectivity index (χ1v) is 4.60. The van der Waals surface area contributed by atoms with Gasteiger partial charge in [0.15, 0.2) is 0 Å². The highest BCUT2D eigenvalue weighted by Crippen LogP contribution is 2.40. The van der Waals surface area contributed by atoms with Crippen LogP contribution in [0.1, 0.15) is 20.8 Å². The summed E-state index contributed by atoms with van der Waals surface area (Å²) in [6.45, 7) is 5.48. The van der Waals surface area contributed by atoms with Crippen LogP contribution in [-0.2, 0) is 4.79 Å². The van der Waals surface area contributed by atoms with Crippen LogP contribution in [0.5, 0.6) is 0 Å². The normalized spacial score (nSPS) is 31.9. The molecule has 0 fully saturated rings. The molecule has 0 saturated heterocycles. The van der Waals surface area contributed by atoms with E-state index >= 15 is 0 Å². The maximum atomic E-state index is 11.0. The summed E-state index contributed by atoms with van der Waals surface area (Å²) in [4.78, 5) is 11.0. The smallest absolute Gasteiger partial charge is 0.313 e. The summed E-state index contributed by atoms with van der Waals surface area (Å²) in [6, 6.07) is 0. The molecule has 2 N–H and O–H groups in total. The Balaban J connectivity index is 3.13. The number of rotatable bonds is 1. The van der Waals surface area contributed by atoms with Crippen molar-refractivity contribution >= 4 is 5.97 Å². The highest BCUT2D eigenvalue weighted by atomic mass is 16.4. The molecule has 0 heterocycles. The largest absolute Gasteiger partial charge is 0.481 e. The second kappa shape index (κ2) is 3.24. The molecule has 3 heteroatoms. The molecular weight excluding hydrogens is 180 g/mol. The quantitative estimate of drug-likeness (QED) is 0.669. The third kappa shape index (κ3) is 1.60. The molecule has 3 nitrogen and oxygen atoms in total. The lowest BCUT2D eigenvalue weighted by atomic mass is 9.67. The lowest BCUT2D eigenvalue weighted by Crippen LogP contribution is -2.50. The van der Waals surface area contributed by atoms with Gasteiger partial charge in [-0.2, -0.15) is 0 Å². The Labute approximate surface area is 83.8 Å². The number of carboxylic acids is 1. The lowest BCUT2D eigenvalue weighted by molar-refractivity contribution is -0.152. The Morgan fingerprint density at radius 1 is 1.36 bits per heavy atom. The van der Waals surface area contributed by atoms with Gasteiger partial charge in [0.05, 0.1) is 0 Å². The van der Waals surface area contributed by atoms with Gasteiger partial charge in [-0.05, 0) is 5.41 Å². The molecule has 14 heavy (non-hydrogen) atoms. The van der Waals surface area contributed by atoms with Crippen molar-refractivity contribution in [1.29, 1.82) is 0 Å². The van der Waals surface area contributed by atoms with E-state index in [1.54, 1.807) is 18.2 Å². The van der Waals surface area contributed by atoms with E-state index in [4.69, 9.17) is 5.11 Å². The van der Waals surface area contributed by atoms with Crippen molar-refractivity contribution in [3.05, 3.63) is 24.3 Å². The fourth-order valence-electron chi connectivity index (χ4n) is 1.61. The van der Waals surface area contributed by atoms with Crippen LogP contribution in [0.2, 0.25) is 0 Å². The van der Waals surface area contributed by atoms with Crippen LogP contribution in [0.3, 0.4) is 0 Å². The maximum Gasteiger partial charge on any atom is 0.313 e. The van der Waals surface area contributed by atoms with Crippen molar-refractivity contribution in [2.45, 2.75) is 26.4 Å². The summed E-state index contributed by atoms with van der Waals surface area (Å²) in [5.41, 5.74) is -1.81. The average molecular weight is 196 g/mol. The molecule has 0 spiro atoms. The number of aliphatic hydroxyl groups is 1. The van der Waals surface area contributed by atoms with Crippen molar-refractivity contribution < 1.29 is 15.0 Å². The SMILES string of the molecule is CC(C)(C)C1(O)C=CC=CC1C(=O)O. The first-order valence-electron chi connectivity index (χ1n) is 4.60. The minimum atomic E-state index is -1.31. The zero-order chi connectivity index (χ0) is 11.0. The van der Waals surface area contributed by atoms with Crippen molar-refractivity contribution in [2.75, 3.05) is 0 Å². The molecule has 1 rings (SSSR count). The summed E-state index contributed by atoms with van der Waals surface area (Å²) >= 11 is 0. The van der Waals surface area contributed by atoms with Gasteiger partial charge in [0.25, 0.3) is 0 Å². The molecule has 0 aliphatic heterocycles. The van der Waals surface area contributed by atoms with Gasteiger partial charge < -0.3 is 10.2 Å². The highest BCUT2D eigenvalue weighted by Gasteiger charge is 2.47. The minimum absolute atomic E-state index is 0.503. The Morgan fingerprint density at radius 3 is 2.29 bits per heavy atom. The molecule has 1 aliphatic rings. The van der Waals surface area contributed by atoms with Gasteiger partial charge in [-0.1, -0.05) is 45.1 Å². The third-order valence-corrected chi connectivity index (χ3v) is 2.71. The van der Waals surface area contributed by atoms with Crippen molar-refractivity contribution in [3.8, 4) is 0 Å². The van der Waals surface area contributed by atoms with E-state index in [2.05, 4.69) is 0 Å². The summed E-state index contributed by atoms with van der Waals surface area (Å²) in [5.74, 6) is -1.87.